The highest BCUT2D eigenvalue weighted by Gasteiger charge is 2.17. The van der Waals surface area contributed by atoms with Crippen LogP contribution < -0.4 is 0 Å². The van der Waals surface area contributed by atoms with Crippen molar-refractivity contribution in [3.8, 4) is 34.4 Å². The van der Waals surface area contributed by atoms with Gasteiger partial charge in [0.2, 0.25) is 9.54 Å². The summed E-state index contributed by atoms with van der Waals surface area (Å²) in [4.78, 5) is 20.7. The molecule has 0 radical (unpaired) electrons. The minimum atomic E-state index is -0.448. The van der Waals surface area contributed by atoms with Crippen LogP contribution in [0.25, 0.3) is 34.4 Å². The maximum absolute atomic E-state index is 10.8. The predicted octanol–water partition coefficient (Wildman–Crippen LogP) is 7.78. The Hall–Kier alpha value is -7.84. The van der Waals surface area contributed by atoms with Gasteiger partial charge in [-0.05, 0) is 85.8 Å². The van der Waals surface area contributed by atoms with E-state index in [1.807, 2.05) is 86.6 Å². The van der Waals surface area contributed by atoms with Gasteiger partial charge in [0.15, 0.2) is 0 Å². The van der Waals surface area contributed by atoms with Gasteiger partial charge in [-0.15, -0.1) is 10.2 Å². The molecule has 4 aromatic heterocycles. The smallest absolute Gasteiger partial charge is 0.258 e. The third-order valence-corrected chi connectivity index (χ3v) is 8.88. The second-order valence-corrected chi connectivity index (χ2v) is 13.1. The maximum atomic E-state index is 10.8. The molecule has 2 N–H and O–H groups in total. The number of aromatic amines is 2. The van der Waals surface area contributed by atoms with E-state index in [0.29, 0.717) is 32.6 Å². The van der Waals surface area contributed by atoms with Crippen molar-refractivity contribution in [2.24, 2.45) is 10.2 Å². The molecule has 0 spiro atoms. The Balaban J connectivity index is 0.000000177. The van der Waals surface area contributed by atoms with Crippen LogP contribution in [0.15, 0.2) is 132 Å². The van der Waals surface area contributed by atoms with Crippen molar-refractivity contribution in [3.63, 3.8) is 0 Å². The number of nitro groups is 2. The number of nitrogens with one attached hydrogen (secondary N) is 2. The van der Waals surface area contributed by atoms with Crippen molar-refractivity contribution in [2.45, 2.75) is 13.8 Å². The van der Waals surface area contributed by atoms with Gasteiger partial charge >= 0.3 is 0 Å². The summed E-state index contributed by atoms with van der Waals surface area (Å²) in [5, 5.41) is 53.5. The molecule has 0 fully saturated rings. The van der Waals surface area contributed by atoms with Crippen molar-refractivity contribution in [3.05, 3.63) is 174 Å². The van der Waals surface area contributed by atoms with Crippen molar-refractivity contribution >= 4 is 48.2 Å². The molecule has 4 aromatic carbocycles. The first kappa shape index (κ1) is 38.4. The van der Waals surface area contributed by atoms with E-state index in [1.54, 1.807) is 46.1 Å². The minimum Gasteiger partial charge on any atom is -0.258 e. The Kier molecular flexibility index (Phi) is 11.2. The van der Waals surface area contributed by atoms with Crippen molar-refractivity contribution in [1.82, 2.24) is 49.3 Å². The fourth-order valence-corrected chi connectivity index (χ4v) is 5.90. The molecule has 288 valence electrons. The average Bonchev–Trinajstić information content (AvgIpc) is 4.02. The fourth-order valence-electron chi connectivity index (χ4n) is 5.56. The maximum Gasteiger partial charge on any atom is 0.272 e. The molecule has 8 aromatic rings. The molecule has 58 heavy (non-hydrogen) atoms. The van der Waals surface area contributed by atoms with Crippen LogP contribution in [-0.4, -0.2) is 71.6 Å². The minimum absolute atomic E-state index is 0.0160. The zero-order valence-corrected chi connectivity index (χ0v) is 32.2. The summed E-state index contributed by atoms with van der Waals surface area (Å²) in [6.45, 7) is 3.82. The van der Waals surface area contributed by atoms with Gasteiger partial charge in [-0.3, -0.25) is 20.2 Å². The zero-order valence-electron chi connectivity index (χ0n) is 30.5. The lowest BCUT2D eigenvalue weighted by molar-refractivity contribution is -0.385. The van der Waals surface area contributed by atoms with E-state index in [4.69, 9.17) is 24.4 Å². The van der Waals surface area contributed by atoms with Crippen LogP contribution in [0.3, 0.4) is 0 Å². The van der Waals surface area contributed by atoms with Crippen LogP contribution >= 0.6 is 24.4 Å². The van der Waals surface area contributed by atoms with Crippen LogP contribution in [-0.2, 0) is 0 Å². The lowest BCUT2D eigenvalue weighted by atomic mass is 10.1. The summed E-state index contributed by atoms with van der Waals surface area (Å²) in [5.41, 5.74) is 6.72. The number of H-pyrrole nitrogens is 2. The van der Waals surface area contributed by atoms with E-state index in [2.05, 4.69) is 40.8 Å². The molecular weight excluding hydrogens is 781 g/mol. The Morgan fingerprint density at radius 2 is 1.09 bits per heavy atom. The molecular formula is C38H30N14O4S2. The van der Waals surface area contributed by atoms with Crippen molar-refractivity contribution in [1.29, 1.82) is 0 Å². The number of hydrogen-bond acceptors (Lipinski definition) is 12. The van der Waals surface area contributed by atoms with Gasteiger partial charge in [0.25, 0.3) is 23.3 Å². The summed E-state index contributed by atoms with van der Waals surface area (Å²) < 4.78 is 6.83. The number of hydrogen-bond donors (Lipinski definition) is 2. The molecule has 0 aliphatic rings. The molecule has 0 aliphatic heterocycles. The Bertz CT molecular complexity index is 2910. The molecule has 0 amide bonds. The third kappa shape index (κ3) is 8.51. The van der Waals surface area contributed by atoms with Gasteiger partial charge < -0.3 is 0 Å². The highest BCUT2D eigenvalue weighted by molar-refractivity contribution is 7.71. The van der Waals surface area contributed by atoms with Gasteiger partial charge in [-0.2, -0.15) is 34.4 Å². The highest BCUT2D eigenvalue weighted by Crippen LogP contribution is 2.24. The van der Waals surface area contributed by atoms with E-state index < -0.39 is 9.85 Å². The Labute approximate surface area is 338 Å². The van der Waals surface area contributed by atoms with E-state index in [1.165, 1.54) is 33.6 Å². The number of nitro benzene ring substituents is 2. The number of rotatable bonds is 10. The molecule has 4 heterocycles. The molecule has 20 heteroatoms. The van der Waals surface area contributed by atoms with E-state index >= 15 is 0 Å². The Morgan fingerprint density at radius 1 is 0.621 bits per heavy atom. The monoisotopic (exact) mass is 810 g/mol. The fraction of sp³-hybridized carbons (Fsp3) is 0.0526. The molecule has 8 rings (SSSR count). The van der Waals surface area contributed by atoms with Crippen molar-refractivity contribution < 1.29 is 9.85 Å². The summed E-state index contributed by atoms with van der Waals surface area (Å²) in [7, 11) is 0. The predicted molar refractivity (Wildman–Crippen MR) is 222 cm³/mol. The number of nitrogens with zero attached hydrogens (tertiary/aromatic N) is 12. The molecule has 0 unspecified atom stereocenters. The number of non-ortho nitro benzene ring substituents is 2. The SMILES string of the molecule is Cc1cc(-c2ccccc2)n(-c2n[nH]c(=S)n2/N=C/c2ccc([N+](=O)[O-])cc2)n1.Cc1cc(-c2ccccc2)nn1-c1n[nH]c(=S)n1/N=C/c1ccc([N+](=O)[O-])cc1. The first-order valence-electron chi connectivity index (χ1n) is 17.2. The number of aryl methyl sites for hydroxylation is 2. The van der Waals surface area contributed by atoms with Gasteiger partial charge in [0, 0.05) is 41.1 Å². The molecule has 0 bridgehead atoms. The quantitative estimate of drug-likeness (QED) is 0.0592. The zero-order chi connectivity index (χ0) is 40.8. The van der Waals surface area contributed by atoms with Crippen LogP contribution in [0, 0.1) is 43.6 Å². The molecule has 0 atom stereocenters. The van der Waals surface area contributed by atoms with Crippen LogP contribution in [0.5, 0.6) is 0 Å². The van der Waals surface area contributed by atoms with Crippen molar-refractivity contribution in [2.75, 3.05) is 0 Å². The van der Waals surface area contributed by atoms with Gasteiger partial charge in [-0.25, -0.2) is 14.9 Å². The standard InChI is InChI=1S/2C19H15N7O2S/c1-13-11-17(15-5-3-2-4-6-15)23-24(13)18-21-22-19(29)25(18)20-12-14-7-9-16(10-8-14)26(27)28;1-13-11-17(15-5-3-2-4-6-15)24(23-13)18-21-22-19(29)25(18)20-12-14-7-9-16(10-8-14)26(27)28/h2*2-12H,1H3,(H,22,29)/b2*20-12+. The lowest BCUT2D eigenvalue weighted by Crippen LogP contribution is -2.07. The topological polar surface area (TPSA) is 214 Å². The molecule has 0 aliphatic carbocycles. The summed E-state index contributed by atoms with van der Waals surface area (Å²) >= 11 is 10.6. The highest BCUT2D eigenvalue weighted by atomic mass is 32.1. The summed E-state index contributed by atoms with van der Waals surface area (Å²) in [6.07, 6.45) is 3.10. The average molecular weight is 811 g/mol. The lowest BCUT2D eigenvalue weighted by Gasteiger charge is -2.06. The van der Waals surface area contributed by atoms with Gasteiger partial charge in [0.1, 0.15) is 0 Å². The third-order valence-electron chi connectivity index (χ3n) is 8.36. The van der Waals surface area contributed by atoms with Crippen LogP contribution in [0.1, 0.15) is 22.5 Å². The second-order valence-electron chi connectivity index (χ2n) is 12.4. The first-order valence-corrected chi connectivity index (χ1v) is 18.0. The Morgan fingerprint density at radius 3 is 1.57 bits per heavy atom. The largest absolute Gasteiger partial charge is 0.272 e. The van der Waals surface area contributed by atoms with Crippen LogP contribution in [0.2, 0.25) is 0 Å². The first-order chi connectivity index (χ1) is 28.0. The number of aromatic nitrogens is 10. The molecule has 0 saturated carbocycles. The second kappa shape index (κ2) is 16.9. The van der Waals surface area contributed by atoms with Gasteiger partial charge in [0.05, 0.1) is 39.4 Å². The molecule has 0 saturated heterocycles. The van der Waals surface area contributed by atoms with E-state index in [-0.39, 0.29) is 11.4 Å². The summed E-state index contributed by atoms with van der Waals surface area (Å²) in [6, 6.07) is 35.7. The normalized spacial score (nSPS) is 11.2. The van der Waals surface area contributed by atoms with E-state index in [0.717, 1.165) is 33.9 Å². The molecule has 18 nitrogen and oxygen atoms in total. The summed E-state index contributed by atoms with van der Waals surface area (Å²) in [5.74, 6) is 0.813. The van der Waals surface area contributed by atoms with Crippen LogP contribution in [0.4, 0.5) is 11.4 Å². The number of benzene rings is 4. The van der Waals surface area contributed by atoms with Gasteiger partial charge in [-0.1, -0.05) is 60.7 Å². The van der Waals surface area contributed by atoms with E-state index in [9.17, 15) is 20.2 Å².